The van der Waals surface area contributed by atoms with E-state index in [1.807, 2.05) is 40.0 Å². The van der Waals surface area contributed by atoms with E-state index in [1.165, 1.54) is 16.9 Å². The highest BCUT2D eigenvalue weighted by Gasteiger charge is 2.34. The molecule has 6 nitrogen and oxygen atoms in total. The SMILES string of the molecule is Cc1nc2sc3c(c2c(-c2c[nH]c4nccc-4c2)c1C(OC(C)(C)C)C(=O)O)CCCC3. The average molecular weight is 450 g/mol. The number of H-pyrrole nitrogens is 1. The first-order valence-corrected chi connectivity index (χ1v) is 11.8. The number of carboxylic acid groups (broad SMARTS) is 1. The van der Waals surface area contributed by atoms with E-state index in [0.717, 1.165) is 52.0 Å². The van der Waals surface area contributed by atoms with Gasteiger partial charge < -0.3 is 14.8 Å². The molecule has 0 radical (unpaired) electrons. The lowest BCUT2D eigenvalue weighted by Crippen LogP contribution is -2.28. The van der Waals surface area contributed by atoms with Gasteiger partial charge >= 0.3 is 5.97 Å². The Bertz CT molecular complexity index is 1300. The molecule has 1 aliphatic carbocycles. The van der Waals surface area contributed by atoms with Crippen LogP contribution in [0.25, 0.3) is 32.7 Å². The Hall–Kier alpha value is -2.77. The molecule has 4 heterocycles. The zero-order valence-electron chi connectivity index (χ0n) is 18.8. The van der Waals surface area contributed by atoms with Crippen molar-refractivity contribution in [1.29, 1.82) is 0 Å². The van der Waals surface area contributed by atoms with Crippen molar-refractivity contribution in [2.24, 2.45) is 0 Å². The summed E-state index contributed by atoms with van der Waals surface area (Å²) in [7, 11) is 0. The zero-order chi connectivity index (χ0) is 22.6. The van der Waals surface area contributed by atoms with E-state index in [1.54, 1.807) is 17.5 Å². The van der Waals surface area contributed by atoms with Gasteiger partial charge in [-0.15, -0.1) is 11.3 Å². The summed E-state index contributed by atoms with van der Waals surface area (Å²) in [6.07, 6.45) is 6.96. The van der Waals surface area contributed by atoms with Gasteiger partial charge in [0.15, 0.2) is 6.10 Å². The average Bonchev–Trinajstić information content (AvgIpc) is 3.33. The molecule has 32 heavy (non-hydrogen) atoms. The molecule has 1 atom stereocenters. The van der Waals surface area contributed by atoms with Crippen LogP contribution < -0.4 is 0 Å². The zero-order valence-corrected chi connectivity index (χ0v) is 19.6. The van der Waals surface area contributed by atoms with Crippen LogP contribution in [0.15, 0.2) is 24.5 Å². The predicted molar refractivity (Wildman–Crippen MR) is 126 cm³/mol. The number of aliphatic carboxylic acids is 1. The maximum atomic E-state index is 12.5. The lowest BCUT2D eigenvalue weighted by Gasteiger charge is -2.28. The lowest BCUT2D eigenvalue weighted by atomic mass is 9.88. The summed E-state index contributed by atoms with van der Waals surface area (Å²) in [5, 5.41) is 11.3. The van der Waals surface area contributed by atoms with Gasteiger partial charge in [-0.3, -0.25) is 0 Å². The quantitative estimate of drug-likeness (QED) is 0.404. The van der Waals surface area contributed by atoms with Crippen LogP contribution in [0.1, 0.15) is 61.4 Å². The van der Waals surface area contributed by atoms with Crippen molar-refractivity contribution in [1.82, 2.24) is 15.0 Å². The molecule has 0 fully saturated rings. The number of thiophene rings is 1. The number of ether oxygens (including phenoxy) is 1. The van der Waals surface area contributed by atoms with Crippen LogP contribution in [0, 0.1) is 6.92 Å². The molecule has 0 saturated carbocycles. The largest absolute Gasteiger partial charge is 0.479 e. The van der Waals surface area contributed by atoms with Crippen LogP contribution in [0.5, 0.6) is 0 Å². The highest BCUT2D eigenvalue weighted by molar-refractivity contribution is 7.19. The first-order chi connectivity index (χ1) is 15.2. The minimum atomic E-state index is -1.12. The first-order valence-electron chi connectivity index (χ1n) is 11.0. The van der Waals surface area contributed by atoms with Crippen LogP contribution in [0.3, 0.4) is 0 Å². The standard InChI is InChI=1S/C25H27N3O3S/c1-13-18(21(24(29)30)31-25(2,3)4)19(15-11-14-9-10-26-22(14)27-12-15)20-16-7-5-6-8-17(16)32-23(20)28-13/h9-12,21H,5-8H2,1-4H3,(H,26,27)(H,29,30). The maximum absolute atomic E-state index is 12.5. The first kappa shape index (κ1) is 21.1. The summed E-state index contributed by atoms with van der Waals surface area (Å²) in [4.78, 5) is 27.4. The molecular formula is C25H27N3O3S. The Morgan fingerprint density at radius 2 is 2.03 bits per heavy atom. The predicted octanol–water partition coefficient (Wildman–Crippen LogP) is 5.92. The van der Waals surface area contributed by atoms with Crippen molar-refractivity contribution in [3.8, 4) is 22.5 Å². The third-order valence-corrected chi connectivity index (χ3v) is 7.17. The Balaban J connectivity index is 1.87. The minimum absolute atomic E-state index is 0.624. The van der Waals surface area contributed by atoms with Crippen LogP contribution in [0.4, 0.5) is 0 Å². The number of nitrogens with one attached hydrogen (secondary N) is 1. The van der Waals surface area contributed by atoms with Crippen molar-refractivity contribution >= 4 is 27.5 Å². The van der Waals surface area contributed by atoms with Crippen molar-refractivity contribution in [3.05, 3.63) is 46.2 Å². The van der Waals surface area contributed by atoms with Gasteiger partial charge in [-0.2, -0.15) is 0 Å². The molecule has 0 aromatic carbocycles. The van der Waals surface area contributed by atoms with E-state index in [2.05, 4.69) is 16.0 Å². The molecule has 7 heteroatoms. The van der Waals surface area contributed by atoms with Gasteiger partial charge in [0, 0.05) is 45.0 Å². The molecular weight excluding hydrogens is 422 g/mol. The third kappa shape index (κ3) is 3.59. The topological polar surface area (TPSA) is 88.1 Å². The molecule has 166 valence electrons. The third-order valence-electron chi connectivity index (χ3n) is 5.98. The van der Waals surface area contributed by atoms with Crippen LogP contribution in [-0.4, -0.2) is 31.6 Å². The molecule has 1 unspecified atom stereocenters. The highest BCUT2D eigenvalue weighted by Crippen LogP contribution is 2.46. The van der Waals surface area contributed by atoms with Crippen LogP contribution in [-0.2, 0) is 22.4 Å². The number of hydrogen-bond donors (Lipinski definition) is 2. The van der Waals surface area contributed by atoms with E-state index >= 15 is 0 Å². The smallest absolute Gasteiger partial charge is 0.337 e. The summed E-state index contributed by atoms with van der Waals surface area (Å²) >= 11 is 1.75. The number of carbonyl (C=O) groups is 1. The number of carboxylic acids is 1. The van der Waals surface area contributed by atoms with Crippen molar-refractivity contribution in [2.75, 3.05) is 0 Å². The molecule has 0 saturated heterocycles. The molecule has 0 spiro atoms. The lowest BCUT2D eigenvalue weighted by molar-refractivity contribution is -0.160. The number of nitrogens with zero attached hydrogens (tertiary/aromatic N) is 2. The van der Waals surface area contributed by atoms with Gasteiger partial charge in [0.1, 0.15) is 10.7 Å². The summed E-state index contributed by atoms with van der Waals surface area (Å²) in [5.41, 5.74) is 4.88. The maximum Gasteiger partial charge on any atom is 0.337 e. The van der Waals surface area contributed by atoms with Crippen molar-refractivity contribution in [3.63, 3.8) is 0 Å². The van der Waals surface area contributed by atoms with E-state index < -0.39 is 17.7 Å². The molecule has 3 aliphatic rings. The minimum Gasteiger partial charge on any atom is -0.479 e. The summed E-state index contributed by atoms with van der Waals surface area (Å²) < 4.78 is 6.11. The second kappa shape index (κ2) is 7.67. The fourth-order valence-electron chi connectivity index (χ4n) is 4.71. The van der Waals surface area contributed by atoms with Gasteiger partial charge in [-0.25, -0.2) is 14.8 Å². The second-order valence-electron chi connectivity index (χ2n) is 9.46. The summed E-state index contributed by atoms with van der Waals surface area (Å²) in [5.74, 6) is -0.194. The van der Waals surface area contributed by atoms with Crippen LogP contribution >= 0.6 is 11.3 Å². The number of fused-ring (bicyclic) bond motifs is 4. The van der Waals surface area contributed by atoms with E-state index in [4.69, 9.17) is 9.72 Å². The van der Waals surface area contributed by atoms with Gasteiger partial charge in [0.2, 0.25) is 0 Å². The second-order valence-corrected chi connectivity index (χ2v) is 10.5. The number of aromatic nitrogens is 3. The van der Waals surface area contributed by atoms with E-state index in [-0.39, 0.29) is 0 Å². The van der Waals surface area contributed by atoms with Gasteiger partial charge in [-0.1, -0.05) is 0 Å². The van der Waals surface area contributed by atoms with Gasteiger partial charge in [-0.05, 0) is 76.6 Å². The number of rotatable bonds is 4. The normalized spacial score (nSPS) is 15.2. The number of pyridine rings is 2. The molecule has 2 aliphatic heterocycles. The molecule has 2 aromatic heterocycles. The van der Waals surface area contributed by atoms with Crippen molar-refractivity contribution < 1.29 is 14.6 Å². The molecule has 2 N–H and O–H groups in total. The Morgan fingerprint density at radius 1 is 1.25 bits per heavy atom. The molecule has 0 amide bonds. The number of aryl methyl sites for hydroxylation is 3. The fraction of sp³-hybridized carbons (Fsp3) is 0.400. The molecule has 5 rings (SSSR count). The van der Waals surface area contributed by atoms with Gasteiger partial charge in [0.05, 0.1) is 5.60 Å². The monoisotopic (exact) mass is 449 g/mol. The summed E-state index contributed by atoms with van der Waals surface area (Å²) in [6.45, 7) is 7.54. The van der Waals surface area contributed by atoms with Gasteiger partial charge in [0.25, 0.3) is 0 Å². The van der Waals surface area contributed by atoms with E-state index in [0.29, 0.717) is 11.3 Å². The van der Waals surface area contributed by atoms with Crippen molar-refractivity contribution in [2.45, 2.75) is 65.1 Å². The highest BCUT2D eigenvalue weighted by atomic mass is 32.1. The Labute approximate surface area is 191 Å². The van der Waals surface area contributed by atoms with E-state index in [9.17, 15) is 9.90 Å². The fourth-order valence-corrected chi connectivity index (χ4v) is 6.02. The Kier molecular flexibility index (Phi) is 5.06. The summed E-state index contributed by atoms with van der Waals surface area (Å²) in [6, 6.07) is 4.04. The molecule has 0 bridgehead atoms. The van der Waals surface area contributed by atoms with Crippen LogP contribution in [0.2, 0.25) is 0 Å². The number of aromatic amines is 1. The number of hydrogen-bond acceptors (Lipinski definition) is 5. The Morgan fingerprint density at radius 3 is 2.78 bits per heavy atom. The molecule has 2 aromatic rings.